The van der Waals surface area contributed by atoms with Crippen LogP contribution in [0.25, 0.3) is 11.3 Å². The molecule has 0 aliphatic heterocycles. The van der Waals surface area contributed by atoms with Gasteiger partial charge in [0.2, 0.25) is 0 Å². The van der Waals surface area contributed by atoms with Gasteiger partial charge in [0.15, 0.2) is 17.2 Å². The fourth-order valence-electron chi connectivity index (χ4n) is 1.70. The first-order valence-electron chi connectivity index (χ1n) is 5.71. The Morgan fingerprint density at radius 2 is 2.05 bits per heavy atom. The van der Waals surface area contributed by atoms with E-state index in [0.29, 0.717) is 26.3 Å². The van der Waals surface area contributed by atoms with E-state index in [1.807, 2.05) is 22.6 Å². The van der Waals surface area contributed by atoms with Crippen molar-refractivity contribution >= 4 is 34.5 Å². The first kappa shape index (κ1) is 15.2. The quantitative estimate of drug-likeness (QED) is 0.449. The van der Waals surface area contributed by atoms with E-state index in [0.717, 1.165) is 0 Å². The molecule has 0 saturated carbocycles. The van der Waals surface area contributed by atoms with E-state index >= 15 is 0 Å². The molecule has 0 aliphatic carbocycles. The lowest BCUT2D eigenvalue weighted by molar-refractivity contribution is -0.132. The molecule has 0 bridgehead atoms. The Bertz CT molecular complexity index is 713. The van der Waals surface area contributed by atoms with Crippen LogP contribution in [-0.2, 0) is 4.79 Å². The summed E-state index contributed by atoms with van der Waals surface area (Å²) >= 11 is 1.99. The number of H-pyrrole nitrogens is 1. The molecule has 110 valence electrons. The third-order valence-electron chi connectivity index (χ3n) is 2.53. The van der Waals surface area contributed by atoms with Gasteiger partial charge in [-0.3, -0.25) is 9.59 Å². The predicted molar refractivity (Wildman–Crippen MR) is 80.9 cm³/mol. The van der Waals surface area contributed by atoms with Crippen molar-refractivity contribution in [2.24, 2.45) is 5.73 Å². The minimum atomic E-state index is -0.697. The summed E-state index contributed by atoms with van der Waals surface area (Å²) in [5.41, 5.74) is 6.12. The number of rotatable bonds is 4. The molecule has 9 heteroatoms. The fourth-order valence-corrected chi connectivity index (χ4v) is 2.41. The van der Waals surface area contributed by atoms with E-state index in [1.54, 1.807) is 12.1 Å². The van der Waals surface area contributed by atoms with E-state index in [4.69, 9.17) is 15.2 Å². The van der Waals surface area contributed by atoms with Gasteiger partial charge in [0.1, 0.15) is 5.69 Å². The Morgan fingerprint density at radius 1 is 1.33 bits per heavy atom. The number of hydrogen-bond acceptors (Lipinski definition) is 6. The molecule has 0 fully saturated rings. The zero-order chi connectivity index (χ0) is 15.6. The van der Waals surface area contributed by atoms with Gasteiger partial charge < -0.3 is 15.2 Å². The second-order valence-corrected chi connectivity index (χ2v) is 5.13. The maximum Gasteiger partial charge on any atom is 0.308 e. The maximum atomic E-state index is 11.3. The highest BCUT2D eigenvalue weighted by Crippen LogP contribution is 2.37. The number of aromatic nitrogens is 3. The molecule has 2 rings (SSSR count). The van der Waals surface area contributed by atoms with Gasteiger partial charge in [0.25, 0.3) is 5.91 Å². The zero-order valence-electron chi connectivity index (χ0n) is 11.1. The standard InChI is InChI=1S/C12H11IN4O4/c1-5(18)21-11-7(13)3-6(4-8(11)20-2)9-10(12(14)19)16-17-15-9/h3-4H,1-2H3,(H2,14,19)(H,15,16,17). The molecule has 1 heterocycles. The number of nitrogens with one attached hydrogen (secondary N) is 1. The largest absolute Gasteiger partial charge is 0.493 e. The van der Waals surface area contributed by atoms with Crippen molar-refractivity contribution in [3.05, 3.63) is 21.4 Å². The molecule has 0 aliphatic rings. The molecular weight excluding hydrogens is 391 g/mol. The molecule has 3 N–H and O–H groups in total. The molecule has 21 heavy (non-hydrogen) atoms. The van der Waals surface area contributed by atoms with Crippen molar-refractivity contribution in [2.75, 3.05) is 7.11 Å². The third-order valence-corrected chi connectivity index (χ3v) is 3.33. The Labute approximate surface area is 133 Å². The van der Waals surface area contributed by atoms with E-state index in [2.05, 4.69) is 15.4 Å². The smallest absolute Gasteiger partial charge is 0.308 e. The van der Waals surface area contributed by atoms with E-state index in [1.165, 1.54) is 14.0 Å². The van der Waals surface area contributed by atoms with Crippen LogP contribution in [0, 0.1) is 3.57 Å². The summed E-state index contributed by atoms with van der Waals surface area (Å²) in [5, 5.41) is 9.97. The summed E-state index contributed by atoms with van der Waals surface area (Å²) in [6.45, 7) is 1.30. The number of nitrogens with two attached hydrogens (primary N) is 1. The fraction of sp³-hybridized carbons (Fsp3) is 0.167. The van der Waals surface area contributed by atoms with Crippen LogP contribution < -0.4 is 15.2 Å². The summed E-state index contributed by atoms with van der Waals surface area (Å²) in [7, 11) is 1.44. The van der Waals surface area contributed by atoms with Gasteiger partial charge in [0, 0.05) is 12.5 Å². The Hall–Kier alpha value is -2.17. The second kappa shape index (κ2) is 6.08. The van der Waals surface area contributed by atoms with E-state index in [9.17, 15) is 9.59 Å². The molecule has 8 nitrogen and oxygen atoms in total. The lowest BCUT2D eigenvalue weighted by Crippen LogP contribution is -2.13. The average Bonchev–Trinajstić information content (AvgIpc) is 2.89. The highest BCUT2D eigenvalue weighted by molar-refractivity contribution is 14.1. The summed E-state index contributed by atoms with van der Waals surface area (Å²) < 4.78 is 10.9. The van der Waals surface area contributed by atoms with Gasteiger partial charge >= 0.3 is 5.97 Å². The summed E-state index contributed by atoms with van der Waals surface area (Å²) in [6.07, 6.45) is 0. The van der Waals surface area contributed by atoms with Crippen molar-refractivity contribution in [1.29, 1.82) is 0 Å². The van der Waals surface area contributed by atoms with Crippen LogP contribution in [-0.4, -0.2) is 34.4 Å². The summed E-state index contributed by atoms with van der Waals surface area (Å²) in [4.78, 5) is 22.4. The lowest BCUT2D eigenvalue weighted by Gasteiger charge is -2.11. The number of methoxy groups -OCH3 is 1. The van der Waals surface area contributed by atoms with E-state index in [-0.39, 0.29) is 5.69 Å². The van der Waals surface area contributed by atoms with Crippen molar-refractivity contribution in [1.82, 2.24) is 15.4 Å². The molecular formula is C12H11IN4O4. The van der Waals surface area contributed by atoms with E-state index < -0.39 is 11.9 Å². The first-order chi connectivity index (χ1) is 9.93. The predicted octanol–water partition coefficient (Wildman–Crippen LogP) is 1.11. The van der Waals surface area contributed by atoms with Crippen molar-refractivity contribution in [2.45, 2.75) is 6.92 Å². The van der Waals surface area contributed by atoms with Crippen LogP contribution in [0.2, 0.25) is 0 Å². The Morgan fingerprint density at radius 3 is 2.62 bits per heavy atom. The second-order valence-electron chi connectivity index (χ2n) is 3.97. The third kappa shape index (κ3) is 3.12. The van der Waals surface area contributed by atoms with Crippen LogP contribution in [0.3, 0.4) is 0 Å². The SMILES string of the molecule is COc1cc(-c2n[nH]nc2C(N)=O)cc(I)c1OC(C)=O. The molecule has 0 radical (unpaired) electrons. The number of carbonyl (C=O) groups excluding carboxylic acids is 2. The van der Waals surface area contributed by atoms with Crippen LogP contribution in [0.4, 0.5) is 0 Å². The van der Waals surface area contributed by atoms with Gasteiger partial charge in [-0.1, -0.05) is 0 Å². The number of aromatic amines is 1. The summed E-state index contributed by atoms with van der Waals surface area (Å²) in [6, 6.07) is 3.27. The number of halogens is 1. The van der Waals surface area contributed by atoms with Gasteiger partial charge in [0.05, 0.1) is 10.7 Å². The van der Waals surface area contributed by atoms with Crippen LogP contribution in [0.15, 0.2) is 12.1 Å². The normalized spacial score (nSPS) is 10.2. The Kier molecular flexibility index (Phi) is 4.40. The van der Waals surface area contributed by atoms with Gasteiger partial charge in [-0.15, -0.1) is 0 Å². The molecule has 1 aromatic heterocycles. The highest BCUT2D eigenvalue weighted by atomic mass is 127. The molecule has 2 aromatic rings. The van der Waals surface area contributed by atoms with Gasteiger partial charge in [-0.2, -0.15) is 15.4 Å². The van der Waals surface area contributed by atoms with Crippen LogP contribution in [0.5, 0.6) is 11.5 Å². The van der Waals surface area contributed by atoms with Crippen LogP contribution in [0.1, 0.15) is 17.4 Å². The van der Waals surface area contributed by atoms with Gasteiger partial charge in [-0.25, -0.2) is 0 Å². The number of benzene rings is 1. The maximum absolute atomic E-state index is 11.3. The molecule has 0 saturated heterocycles. The molecule has 1 amide bonds. The van der Waals surface area contributed by atoms with Crippen molar-refractivity contribution in [3.63, 3.8) is 0 Å². The first-order valence-corrected chi connectivity index (χ1v) is 6.78. The molecule has 0 atom stereocenters. The number of ether oxygens (including phenoxy) is 2. The molecule has 0 spiro atoms. The highest BCUT2D eigenvalue weighted by Gasteiger charge is 2.20. The molecule has 1 aromatic carbocycles. The zero-order valence-corrected chi connectivity index (χ0v) is 13.3. The number of carbonyl (C=O) groups is 2. The Balaban J connectivity index is 2.56. The summed E-state index contributed by atoms with van der Waals surface area (Å²) in [5.74, 6) is -0.515. The van der Waals surface area contributed by atoms with Gasteiger partial charge in [-0.05, 0) is 34.7 Å². The van der Waals surface area contributed by atoms with Crippen LogP contribution >= 0.6 is 22.6 Å². The monoisotopic (exact) mass is 402 g/mol. The number of primary amides is 1. The number of esters is 1. The number of hydrogen-bond donors (Lipinski definition) is 2. The molecule has 0 unspecified atom stereocenters. The van der Waals surface area contributed by atoms with Crippen molar-refractivity contribution < 1.29 is 19.1 Å². The topological polar surface area (TPSA) is 120 Å². The minimum Gasteiger partial charge on any atom is -0.493 e. The number of amides is 1. The number of nitrogens with zero attached hydrogens (tertiary/aromatic N) is 2. The minimum absolute atomic E-state index is 0.0214. The van der Waals surface area contributed by atoms with Crippen molar-refractivity contribution in [3.8, 4) is 22.8 Å². The average molecular weight is 402 g/mol. The lowest BCUT2D eigenvalue weighted by atomic mass is 10.1.